The predicted octanol–water partition coefficient (Wildman–Crippen LogP) is 10.2. The van der Waals surface area contributed by atoms with E-state index in [0.717, 1.165) is 74.2 Å². The Labute approximate surface area is 383 Å². The van der Waals surface area contributed by atoms with Crippen LogP contribution < -0.4 is 0 Å². The van der Waals surface area contributed by atoms with Crippen LogP contribution in [0.25, 0.3) is 0 Å². The van der Waals surface area contributed by atoms with Crippen LogP contribution in [0.2, 0.25) is 0 Å². The highest BCUT2D eigenvalue weighted by Gasteiger charge is 2.76. The summed E-state index contributed by atoms with van der Waals surface area (Å²) < 4.78 is 31.6. The van der Waals surface area contributed by atoms with Crippen molar-refractivity contribution in [2.24, 2.45) is 69.0 Å². The molecule has 2 aliphatic heterocycles. The molecule has 10 aliphatic rings. The number of rotatable bonds is 13. The van der Waals surface area contributed by atoms with Crippen molar-refractivity contribution in [2.75, 3.05) is 13.2 Å². The van der Waals surface area contributed by atoms with Gasteiger partial charge in [-0.15, -0.1) is 0 Å². The van der Waals surface area contributed by atoms with Crippen molar-refractivity contribution in [3.05, 3.63) is 35.5 Å². The van der Waals surface area contributed by atoms with Crippen molar-refractivity contribution in [3.63, 3.8) is 0 Å². The lowest BCUT2D eigenvalue weighted by Crippen LogP contribution is -2.63. The standard InChI is InChI=1S/C55H80O9/c1-9-10-48-62-46-29-42-38-15-13-33-27-35(56)19-23-52(33,6)49(38)43(57)30-54(42,8)55(46,64-48)44(58)31-60-26-22-47(59)61-36-20-24-51(5)34(28-36)12-14-37-40-17-16-39(53(40,7)25-21-41(37)51)32(2)11-18-45-50(3,4)63-45/h12,19,23,27,32,36-43,45-46,48-49,57H,9-11,13-18,20-22,24-26,28-31H2,1-8H3/t32-,36+,37+,38+,39-,40+,41+,42+,43+,45?,46?,48+,49-,51+,52+,53-,54+,55-/m1/s1. The van der Waals surface area contributed by atoms with Crippen LogP contribution >= 0.6 is 0 Å². The predicted molar refractivity (Wildman–Crippen MR) is 244 cm³/mol. The van der Waals surface area contributed by atoms with E-state index in [0.29, 0.717) is 36.7 Å². The van der Waals surface area contributed by atoms with Gasteiger partial charge in [0.15, 0.2) is 23.5 Å². The van der Waals surface area contributed by atoms with Gasteiger partial charge in [-0.2, -0.15) is 0 Å². The fraction of sp³-hybridized carbons (Fsp3) is 0.836. The van der Waals surface area contributed by atoms with Gasteiger partial charge < -0.3 is 28.8 Å². The van der Waals surface area contributed by atoms with E-state index in [1.54, 1.807) is 12.2 Å². The summed E-state index contributed by atoms with van der Waals surface area (Å²) in [5.41, 5.74) is 1.03. The number of esters is 1. The molecule has 0 aromatic rings. The molecule has 0 bridgehead atoms. The minimum atomic E-state index is -1.24. The molecule has 0 amide bonds. The Hall–Kier alpha value is -2.17. The Morgan fingerprint density at radius 2 is 1.73 bits per heavy atom. The third-order valence-corrected chi connectivity index (χ3v) is 21.1. The monoisotopic (exact) mass is 885 g/mol. The summed E-state index contributed by atoms with van der Waals surface area (Å²) in [5.74, 6) is 3.62. The highest BCUT2D eigenvalue weighted by Crippen LogP contribution is 2.71. The number of hydrogen-bond donors (Lipinski definition) is 1. The van der Waals surface area contributed by atoms with Gasteiger partial charge in [0.2, 0.25) is 0 Å². The summed E-state index contributed by atoms with van der Waals surface area (Å²) in [6.07, 6.45) is 23.0. The molecule has 6 saturated carbocycles. The first kappa shape index (κ1) is 45.6. The highest BCUT2D eigenvalue weighted by molar-refractivity contribution is 6.01. The molecule has 64 heavy (non-hydrogen) atoms. The number of fused-ring (bicyclic) bond motifs is 12. The largest absolute Gasteiger partial charge is 0.462 e. The Balaban J connectivity index is 0.738. The zero-order chi connectivity index (χ0) is 45.2. The summed E-state index contributed by atoms with van der Waals surface area (Å²) in [6, 6.07) is 0. The van der Waals surface area contributed by atoms with E-state index in [4.69, 9.17) is 23.7 Å². The topological polar surface area (TPSA) is 121 Å². The van der Waals surface area contributed by atoms with Crippen LogP contribution in [0.4, 0.5) is 0 Å². The van der Waals surface area contributed by atoms with Gasteiger partial charge >= 0.3 is 5.97 Å². The fourth-order valence-electron chi connectivity index (χ4n) is 17.7. The van der Waals surface area contributed by atoms with Crippen molar-refractivity contribution in [2.45, 2.75) is 206 Å². The van der Waals surface area contributed by atoms with Gasteiger partial charge in [-0.25, -0.2) is 0 Å². The van der Waals surface area contributed by atoms with Gasteiger partial charge in [0, 0.05) is 23.2 Å². The number of carbonyl (C=O) groups is 3. The van der Waals surface area contributed by atoms with Crippen LogP contribution in [0, 0.1) is 69.0 Å². The molecule has 2 unspecified atom stereocenters. The molecule has 0 aromatic carbocycles. The molecule has 8 aliphatic carbocycles. The Bertz CT molecular complexity index is 1970. The van der Waals surface area contributed by atoms with E-state index >= 15 is 0 Å². The Morgan fingerprint density at radius 1 is 0.938 bits per heavy atom. The van der Waals surface area contributed by atoms with E-state index < -0.39 is 34.9 Å². The van der Waals surface area contributed by atoms with Gasteiger partial charge in [0.05, 0.1) is 36.9 Å². The second kappa shape index (κ2) is 16.2. The third-order valence-electron chi connectivity index (χ3n) is 21.1. The second-order valence-electron chi connectivity index (χ2n) is 24.5. The van der Waals surface area contributed by atoms with Crippen molar-refractivity contribution in [1.82, 2.24) is 0 Å². The number of epoxide rings is 1. The molecule has 9 nitrogen and oxygen atoms in total. The summed E-state index contributed by atoms with van der Waals surface area (Å²) >= 11 is 0. The maximum atomic E-state index is 14.7. The maximum absolute atomic E-state index is 14.7. The number of aliphatic hydroxyl groups is 1. The van der Waals surface area contributed by atoms with Gasteiger partial charge in [0.1, 0.15) is 12.7 Å². The molecular weight excluding hydrogens is 805 g/mol. The summed E-state index contributed by atoms with van der Waals surface area (Å²) in [5, 5.41) is 12.1. The molecule has 10 rings (SSSR count). The first-order valence-electron chi connectivity index (χ1n) is 26.0. The van der Waals surface area contributed by atoms with Gasteiger partial charge in [-0.1, -0.05) is 71.3 Å². The van der Waals surface area contributed by atoms with Crippen LogP contribution in [0.3, 0.4) is 0 Å². The summed E-state index contributed by atoms with van der Waals surface area (Å²) in [7, 11) is 0. The lowest BCUT2D eigenvalue weighted by molar-refractivity contribution is -0.201. The van der Waals surface area contributed by atoms with Gasteiger partial charge in [-0.3, -0.25) is 14.4 Å². The van der Waals surface area contributed by atoms with Crippen molar-refractivity contribution in [1.29, 1.82) is 0 Å². The van der Waals surface area contributed by atoms with Crippen LogP contribution in [-0.2, 0) is 38.1 Å². The quantitative estimate of drug-likeness (QED) is 0.0834. The van der Waals surface area contributed by atoms with Crippen LogP contribution in [0.15, 0.2) is 35.5 Å². The van der Waals surface area contributed by atoms with Crippen LogP contribution in [0.5, 0.6) is 0 Å². The molecule has 354 valence electrons. The lowest BCUT2D eigenvalue weighted by atomic mass is 9.46. The molecule has 9 heteroatoms. The van der Waals surface area contributed by atoms with Crippen LogP contribution in [-0.4, -0.2) is 77.8 Å². The average Bonchev–Trinajstić information content (AvgIpc) is 3.47. The minimum absolute atomic E-state index is 0.0173. The van der Waals surface area contributed by atoms with E-state index in [1.165, 1.54) is 44.1 Å². The number of Topliss-reactive ketones (excluding diaryl/α,β-unsaturated/α-hetero) is 1. The SMILES string of the molecule is CCC[C@H]1OC2C[C@H]3[C@@H]4CCC5=CC(=O)C=C[C@]5(C)[C@H]4[C@@H](O)C[C@]3(C)[C@]2(C(=O)COCCC(=O)O[C@H]2CC[C@@]3(C)C(=CC[C@H]4[C@@H]5CC[C@H]([C@H](C)CCC6OC6(C)C)[C@@]5(C)CC[C@@H]43)C2)O1. The molecule has 0 radical (unpaired) electrons. The van der Waals surface area contributed by atoms with E-state index in [1.807, 2.05) is 6.08 Å². The van der Waals surface area contributed by atoms with Crippen molar-refractivity contribution < 1.29 is 43.2 Å². The number of aliphatic hydroxyl groups excluding tert-OH is 1. The maximum Gasteiger partial charge on any atom is 0.308 e. The molecular formula is C55H80O9. The Morgan fingerprint density at radius 3 is 2.50 bits per heavy atom. The number of ether oxygens (including phenoxy) is 5. The minimum Gasteiger partial charge on any atom is -0.462 e. The number of hydrogen-bond acceptors (Lipinski definition) is 9. The van der Waals surface area contributed by atoms with Crippen molar-refractivity contribution >= 4 is 17.5 Å². The highest BCUT2D eigenvalue weighted by atomic mass is 16.7. The molecule has 8 fully saturated rings. The molecule has 0 spiro atoms. The molecule has 0 aromatic heterocycles. The van der Waals surface area contributed by atoms with E-state index in [-0.39, 0.29) is 72.0 Å². The number of allylic oxidation sites excluding steroid dienone is 5. The smallest absolute Gasteiger partial charge is 0.308 e. The fourth-order valence-corrected chi connectivity index (χ4v) is 17.7. The molecule has 2 heterocycles. The molecule has 18 atom stereocenters. The molecule has 2 saturated heterocycles. The number of ketones is 2. The van der Waals surface area contributed by atoms with Crippen molar-refractivity contribution in [3.8, 4) is 0 Å². The zero-order valence-corrected chi connectivity index (χ0v) is 40.5. The first-order valence-corrected chi connectivity index (χ1v) is 26.0. The second-order valence-corrected chi connectivity index (χ2v) is 24.5. The normalized spacial score (nSPS) is 48.6. The van der Waals surface area contributed by atoms with Crippen LogP contribution in [0.1, 0.15) is 165 Å². The zero-order valence-electron chi connectivity index (χ0n) is 40.5. The average molecular weight is 885 g/mol. The lowest BCUT2D eigenvalue weighted by Gasteiger charge is -2.59. The summed E-state index contributed by atoms with van der Waals surface area (Å²) in [4.78, 5) is 40.4. The third kappa shape index (κ3) is 7.01. The molecule has 1 N–H and O–H groups in total. The summed E-state index contributed by atoms with van der Waals surface area (Å²) in [6.45, 7) is 18.5. The first-order chi connectivity index (χ1) is 30.4. The van der Waals surface area contributed by atoms with Gasteiger partial charge in [-0.05, 0) is 168 Å². The van der Waals surface area contributed by atoms with E-state index in [2.05, 4.69) is 61.5 Å². The Kier molecular flexibility index (Phi) is 11.6. The van der Waals surface area contributed by atoms with E-state index in [9.17, 15) is 19.5 Å². The van der Waals surface area contributed by atoms with Gasteiger partial charge in [0.25, 0.3) is 0 Å². The number of carbonyl (C=O) groups excluding carboxylic acids is 3.